The van der Waals surface area contributed by atoms with Crippen LogP contribution in [0, 0.1) is 17.8 Å². The van der Waals surface area contributed by atoms with Crippen molar-refractivity contribution in [1.29, 1.82) is 0 Å². The first-order chi connectivity index (χ1) is 5.68. The minimum absolute atomic E-state index is 0. The van der Waals surface area contributed by atoms with Gasteiger partial charge in [-0.1, -0.05) is 19.9 Å². The monoisotopic (exact) mass is 270 g/mol. The van der Waals surface area contributed by atoms with Crippen LogP contribution in [0.4, 0.5) is 4.39 Å². The Morgan fingerprint density at radius 2 is 2.14 bits per heavy atom. The average molecular weight is 271 g/mol. The second-order valence-corrected chi connectivity index (χ2v) is 3.08. The zero-order valence-corrected chi connectivity index (χ0v) is 11.4. The van der Waals surface area contributed by atoms with Gasteiger partial charge in [0.25, 0.3) is 0 Å². The Morgan fingerprint density at radius 1 is 1.50 bits per heavy atom. The first-order valence-electron chi connectivity index (χ1n) is 3.98. The molecule has 1 nitrogen and oxygen atoms in total. The third kappa shape index (κ3) is 6.62. The van der Waals surface area contributed by atoms with E-state index >= 15 is 0 Å². The fraction of sp³-hybridized carbons (Fsp3) is 0.400. The zero-order valence-electron chi connectivity index (χ0n) is 8.39. The molecule has 14 heavy (non-hydrogen) atoms. The van der Waals surface area contributed by atoms with Gasteiger partial charge in [0.1, 0.15) is 0 Å². The van der Waals surface area contributed by atoms with Crippen LogP contribution in [-0.4, -0.2) is 29.7 Å². The number of ether oxygens (including phenoxy) is 1. The summed E-state index contributed by atoms with van der Waals surface area (Å²) in [5.74, 6) is 0.637. The molecule has 1 aromatic carbocycles. The predicted octanol–water partition coefficient (Wildman–Crippen LogP) is -0.716. The Balaban J connectivity index is 0. The van der Waals surface area contributed by atoms with Gasteiger partial charge in [0.05, 0.1) is 6.61 Å². The molecule has 0 radical (unpaired) electrons. The first-order valence-corrected chi connectivity index (χ1v) is 3.98. The Morgan fingerprint density at radius 3 is 2.64 bits per heavy atom. The van der Waals surface area contributed by atoms with Gasteiger partial charge in [0.2, 0.25) is 0 Å². The number of benzene rings is 1. The summed E-state index contributed by atoms with van der Waals surface area (Å²) in [4.78, 5) is 0. The van der Waals surface area contributed by atoms with Crippen LogP contribution in [0.1, 0.15) is 13.8 Å². The topological polar surface area (TPSA) is 9.23 Å². The predicted molar refractivity (Wildman–Crippen MR) is 51.3 cm³/mol. The maximum Gasteiger partial charge on any atom is 2.00 e. The van der Waals surface area contributed by atoms with Gasteiger partial charge in [-0.05, 0) is 5.92 Å². The molecule has 1 rings (SSSR count). The Bertz CT molecular complexity index is 256. The van der Waals surface area contributed by atoms with Crippen LogP contribution in [-0.2, 0) is 0 Å². The van der Waals surface area contributed by atoms with E-state index in [1.165, 1.54) is 18.2 Å². The van der Waals surface area contributed by atoms with Crippen molar-refractivity contribution in [1.82, 2.24) is 0 Å². The van der Waals surface area contributed by atoms with Gasteiger partial charge in [-0.2, -0.15) is 6.07 Å². The van der Waals surface area contributed by atoms with Crippen molar-refractivity contribution in [3.8, 4) is 5.75 Å². The molecule has 74 valence electrons. The van der Waals surface area contributed by atoms with Crippen LogP contribution in [0.15, 0.2) is 18.2 Å². The van der Waals surface area contributed by atoms with E-state index in [-0.39, 0.29) is 45.9 Å². The summed E-state index contributed by atoms with van der Waals surface area (Å²) in [5, 5.41) is 0. The van der Waals surface area contributed by atoms with E-state index in [0.29, 0.717) is 18.3 Å². The third-order valence-corrected chi connectivity index (χ3v) is 1.31. The standard InChI is InChI=1S/C10H12FO.BrH.Mg/c1-8(2)7-12-10-5-3-4-9(11)6-10;;/h3-4,6,8H,7H2,1-2H3;1H;/q-1;;+2/p-1. The molecule has 0 atom stereocenters. The van der Waals surface area contributed by atoms with Crippen molar-refractivity contribution in [3.63, 3.8) is 0 Å². The molecule has 0 aromatic heterocycles. The molecule has 0 spiro atoms. The smallest absolute Gasteiger partial charge is 1.00 e. The maximum absolute atomic E-state index is 12.6. The van der Waals surface area contributed by atoms with Crippen molar-refractivity contribution in [2.75, 3.05) is 6.61 Å². The minimum Gasteiger partial charge on any atom is -1.00 e. The van der Waals surface area contributed by atoms with Crippen LogP contribution in [0.5, 0.6) is 5.75 Å². The summed E-state index contributed by atoms with van der Waals surface area (Å²) in [6.45, 7) is 4.68. The van der Waals surface area contributed by atoms with Crippen LogP contribution < -0.4 is 21.7 Å². The summed E-state index contributed by atoms with van der Waals surface area (Å²) in [6, 6.07) is 7.01. The quantitative estimate of drug-likeness (QED) is 0.521. The van der Waals surface area contributed by atoms with Gasteiger partial charge in [-0.3, -0.25) is 0 Å². The largest absolute Gasteiger partial charge is 2.00 e. The van der Waals surface area contributed by atoms with Crippen molar-refractivity contribution < 1.29 is 26.1 Å². The Hall–Kier alpha value is 0.196. The molecule has 0 bridgehead atoms. The summed E-state index contributed by atoms with van der Waals surface area (Å²) in [5.41, 5.74) is 0. The van der Waals surface area contributed by atoms with E-state index < -0.39 is 0 Å². The molecule has 0 heterocycles. The van der Waals surface area contributed by atoms with Crippen LogP contribution in [0.2, 0.25) is 0 Å². The van der Waals surface area contributed by atoms with E-state index in [9.17, 15) is 4.39 Å². The van der Waals surface area contributed by atoms with Gasteiger partial charge in [0, 0.05) is 11.6 Å². The fourth-order valence-electron chi connectivity index (χ4n) is 0.758. The molecular weight excluding hydrogens is 259 g/mol. The summed E-state index contributed by atoms with van der Waals surface area (Å²) in [6.07, 6.45) is 0. The molecule has 0 saturated carbocycles. The molecule has 0 saturated heterocycles. The van der Waals surface area contributed by atoms with Crippen molar-refractivity contribution in [2.45, 2.75) is 13.8 Å². The Labute approximate surface area is 111 Å². The van der Waals surface area contributed by atoms with Crippen LogP contribution in [0.3, 0.4) is 0 Å². The van der Waals surface area contributed by atoms with Crippen LogP contribution in [0.25, 0.3) is 0 Å². The zero-order chi connectivity index (χ0) is 8.97. The number of rotatable bonds is 3. The number of hydrogen-bond donors (Lipinski definition) is 0. The molecule has 0 fully saturated rings. The maximum atomic E-state index is 12.6. The van der Waals surface area contributed by atoms with E-state index in [2.05, 4.69) is 6.07 Å². The summed E-state index contributed by atoms with van der Waals surface area (Å²) >= 11 is 0. The van der Waals surface area contributed by atoms with Gasteiger partial charge in [0.15, 0.2) is 0 Å². The summed E-state index contributed by atoms with van der Waals surface area (Å²) in [7, 11) is 0. The van der Waals surface area contributed by atoms with Crippen molar-refractivity contribution in [2.24, 2.45) is 5.92 Å². The molecule has 1 aromatic rings. The molecule has 4 heteroatoms. The SMILES string of the molecule is CC(C)COc1[c-]ccc(F)c1.[Br-].[Mg+2]. The average Bonchev–Trinajstić information content (AvgIpc) is 2.01. The number of halogens is 2. The molecule has 0 unspecified atom stereocenters. The summed E-state index contributed by atoms with van der Waals surface area (Å²) < 4.78 is 17.8. The number of hydrogen-bond acceptors (Lipinski definition) is 1. The van der Waals surface area contributed by atoms with Crippen molar-refractivity contribution in [3.05, 3.63) is 30.1 Å². The second kappa shape index (κ2) is 8.50. The van der Waals surface area contributed by atoms with Gasteiger partial charge in [-0.15, -0.1) is 12.1 Å². The van der Waals surface area contributed by atoms with Gasteiger partial charge >= 0.3 is 23.1 Å². The molecule has 0 aliphatic rings. The minimum atomic E-state index is -0.285. The van der Waals surface area contributed by atoms with E-state index in [0.717, 1.165) is 0 Å². The van der Waals surface area contributed by atoms with Gasteiger partial charge < -0.3 is 21.7 Å². The normalized spacial score (nSPS) is 8.86. The van der Waals surface area contributed by atoms with E-state index in [4.69, 9.17) is 4.74 Å². The third-order valence-electron chi connectivity index (χ3n) is 1.31. The Kier molecular flexibility index (Phi) is 10.1. The van der Waals surface area contributed by atoms with E-state index in [1.807, 2.05) is 13.8 Å². The molecular formula is C10H12BrFMgO. The molecule has 0 N–H and O–H groups in total. The molecule has 0 aliphatic carbocycles. The molecule has 0 aliphatic heterocycles. The van der Waals surface area contributed by atoms with E-state index in [1.54, 1.807) is 0 Å². The molecule has 0 amide bonds. The second-order valence-electron chi connectivity index (χ2n) is 3.08. The van der Waals surface area contributed by atoms with Crippen molar-refractivity contribution >= 4 is 23.1 Å². The first kappa shape index (κ1) is 16.6. The van der Waals surface area contributed by atoms with Crippen LogP contribution >= 0.6 is 0 Å². The van der Waals surface area contributed by atoms with Gasteiger partial charge in [-0.25, -0.2) is 4.39 Å². The fourth-order valence-corrected chi connectivity index (χ4v) is 0.758.